The zero-order valence-electron chi connectivity index (χ0n) is 4.94. The van der Waals surface area contributed by atoms with Crippen LogP contribution in [-0.2, 0) is 0 Å². The number of hydrogen-bond donors (Lipinski definition) is 2. The molecule has 0 spiro atoms. The van der Waals surface area contributed by atoms with Gasteiger partial charge in [0.2, 0.25) is 0 Å². The number of nitrogens with one attached hydrogen (secondary N) is 1. The Balaban J connectivity index is 3.85. The topological polar surface area (TPSA) is 49.9 Å². The van der Waals surface area contributed by atoms with Crippen LogP contribution in [0.25, 0.3) is 0 Å². The SMILES string of the molecule is C=C(/C=C\C)C(=N)N. The van der Waals surface area contributed by atoms with Crippen LogP contribution in [0.3, 0.4) is 0 Å². The van der Waals surface area contributed by atoms with Crippen LogP contribution in [0.5, 0.6) is 0 Å². The van der Waals surface area contributed by atoms with E-state index >= 15 is 0 Å². The molecule has 0 aromatic heterocycles. The Morgan fingerprint density at radius 2 is 2.25 bits per heavy atom. The first kappa shape index (κ1) is 6.95. The zero-order valence-corrected chi connectivity index (χ0v) is 4.94. The van der Waals surface area contributed by atoms with Gasteiger partial charge in [0.25, 0.3) is 0 Å². The van der Waals surface area contributed by atoms with Crippen molar-refractivity contribution in [2.24, 2.45) is 5.73 Å². The first-order chi connectivity index (χ1) is 3.68. The molecule has 0 unspecified atom stereocenters. The molecule has 0 aromatic carbocycles. The Kier molecular flexibility index (Phi) is 2.62. The molecule has 0 radical (unpaired) electrons. The normalized spacial score (nSPS) is 9.62. The van der Waals surface area contributed by atoms with Crippen molar-refractivity contribution in [3.05, 3.63) is 24.3 Å². The molecule has 0 aliphatic carbocycles. The Hall–Kier alpha value is -1.05. The summed E-state index contributed by atoms with van der Waals surface area (Å²) in [6, 6.07) is 0. The summed E-state index contributed by atoms with van der Waals surface area (Å²) in [5.74, 6) is 0.0306. The summed E-state index contributed by atoms with van der Waals surface area (Å²) in [5.41, 5.74) is 5.62. The van der Waals surface area contributed by atoms with Gasteiger partial charge in [0.05, 0.1) is 0 Å². The lowest BCUT2D eigenvalue weighted by Crippen LogP contribution is -2.09. The zero-order chi connectivity index (χ0) is 6.57. The highest BCUT2D eigenvalue weighted by atomic mass is 14.7. The molecule has 0 saturated heterocycles. The lowest BCUT2D eigenvalue weighted by molar-refractivity contribution is 1.44. The molecule has 0 aliphatic heterocycles. The van der Waals surface area contributed by atoms with Gasteiger partial charge in [0.15, 0.2) is 0 Å². The quantitative estimate of drug-likeness (QED) is 0.311. The largest absolute Gasteiger partial charge is 0.384 e. The lowest BCUT2D eigenvalue weighted by atomic mass is 10.3. The minimum absolute atomic E-state index is 0.0306. The molecule has 0 heterocycles. The molecule has 3 N–H and O–H groups in total. The van der Waals surface area contributed by atoms with Crippen molar-refractivity contribution in [2.45, 2.75) is 6.92 Å². The van der Waals surface area contributed by atoms with Crippen molar-refractivity contribution >= 4 is 5.84 Å². The Bertz CT molecular complexity index is 133. The van der Waals surface area contributed by atoms with Gasteiger partial charge in [0.1, 0.15) is 5.84 Å². The number of hydrogen-bond acceptors (Lipinski definition) is 1. The van der Waals surface area contributed by atoms with Crippen LogP contribution >= 0.6 is 0 Å². The fourth-order valence-electron chi connectivity index (χ4n) is 0.291. The summed E-state index contributed by atoms with van der Waals surface area (Å²) in [7, 11) is 0. The number of amidine groups is 1. The molecule has 0 atom stereocenters. The number of allylic oxidation sites excluding steroid dienone is 1. The monoisotopic (exact) mass is 110 g/mol. The van der Waals surface area contributed by atoms with Crippen LogP contribution in [0, 0.1) is 5.41 Å². The molecule has 0 rings (SSSR count). The fourth-order valence-corrected chi connectivity index (χ4v) is 0.291. The third-order valence-electron chi connectivity index (χ3n) is 0.714. The van der Waals surface area contributed by atoms with Gasteiger partial charge in [-0.05, 0) is 6.92 Å². The lowest BCUT2D eigenvalue weighted by Gasteiger charge is -1.90. The minimum atomic E-state index is 0.0306. The third kappa shape index (κ3) is 2.18. The highest BCUT2D eigenvalue weighted by Gasteiger charge is 1.86. The Morgan fingerprint density at radius 1 is 1.75 bits per heavy atom. The van der Waals surface area contributed by atoms with E-state index in [9.17, 15) is 0 Å². The van der Waals surface area contributed by atoms with E-state index in [1.54, 1.807) is 12.2 Å². The second kappa shape index (κ2) is 3.02. The van der Waals surface area contributed by atoms with E-state index < -0.39 is 0 Å². The summed E-state index contributed by atoms with van der Waals surface area (Å²) in [4.78, 5) is 0. The highest BCUT2D eigenvalue weighted by molar-refractivity contribution is 5.96. The second-order valence-corrected chi connectivity index (χ2v) is 1.44. The molecule has 0 aromatic rings. The van der Waals surface area contributed by atoms with Gasteiger partial charge in [-0.2, -0.15) is 0 Å². The standard InChI is InChI=1S/C6H10N2/c1-3-4-5(2)6(7)8/h3-4H,2H2,1H3,(H3,7,8)/b4-3-. The van der Waals surface area contributed by atoms with Gasteiger partial charge < -0.3 is 5.73 Å². The van der Waals surface area contributed by atoms with Crippen LogP contribution in [0.4, 0.5) is 0 Å². The summed E-state index contributed by atoms with van der Waals surface area (Å²) >= 11 is 0. The van der Waals surface area contributed by atoms with E-state index in [1.807, 2.05) is 6.92 Å². The van der Waals surface area contributed by atoms with E-state index in [-0.39, 0.29) is 5.84 Å². The Labute approximate surface area is 49.2 Å². The number of nitrogens with two attached hydrogens (primary N) is 1. The third-order valence-corrected chi connectivity index (χ3v) is 0.714. The van der Waals surface area contributed by atoms with Crippen molar-refractivity contribution in [1.29, 1.82) is 5.41 Å². The Morgan fingerprint density at radius 3 is 2.38 bits per heavy atom. The maximum atomic E-state index is 6.83. The van der Waals surface area contributed by atoms with Crippen LogP contribution in [0.1, 0.15) is 6.92 Å². The predicted molar refractivity (Wildman–Crippen MR) is 35.9 cm³/mol. The van der Waals surface area contributed by atoms with Crippen LogP contribution in [0.15, 0.2) is 24.3 Å². The van der Waals surface area contributed by atoms with Gasteiger partial charge >= 0.3 is 0 Å². The van der Waals surface area contributed by atoms with Gasteiger partial charge in [-0.3, -0.25) is 5.41 Å². The van der Waals surface area contributed by atoms with Crippen molar-refractivity contribution < 1.29 is 0 Å². The van der Waals surface area contributed by atoms with Gasteiger partial charge in [-0.1, -0.05) is 18.7 Å². The van der Waals surface area contributed by atoms with Crippen molar-refractivity contribution in [3.8, 4) is 0 Å². The maximum Gasteiger partial charge on any atom is 0.122 e. The van der Waals surface area contributed by atoms with E-state index in [1.165, 1.54) is 0 Å². The van der Waals surface area contributed by atoms with Gasteiger partial charge in [0, 0.05) is 5.57 Å². The fraction of sp³-hybridized carbons (Fsp3) is 0.167. The smallest absolute Gasteiger partial charge is 0.122 e. The van der Waals surface area contributed by atoms with Gasteiger partial charge in [-0.15, -0.1) is 0 Å². The molecular weight excluding hydrogens is 100 g/mol. The molecule has 44 valence electrons. The molecule has 0 aliphatic rings. The van der Waals surface area contributed by atoms with Crippen molar-refractivity contribution in [3.63, 3.8) is 0 Å². The van der Waals surface area contributed by atoms with Crippen LogP contribution in [-0.4, -0.2) is 5.84 Å². The van der Waals surface area contributed by atoms with E-state index in [4.69, 9.17) is 11.1 Å². The molecule has 2 nitrogen and oxygen atoms in total. The molecule has 2 heteroatoms. The molecule has 8 heavy (non-hydrogen) atoms. The first-order valence-corrected chi connectivity index (χ1v) is 2.34. The van der Waals surface area contributed by atoms with Crippen molar-refractivity contribution in [1.82, 2.24) is 0 Å². The minimum Gasteiger partial charge on any atom is -0.384 e. The van der Waals surface area contributed by atoms with Gasteiger partial charge in [-0.25, -0.2) is 0 Å². The molecule has 0 bridgehead atoms. The second-order valence-electron chi connectivity index (χ2n) is 1.44. The van der Waals surface area contributed by atoms with Crippen LogP contribution in [0.2, 0.25) is 0 Å². The highest BCUT2D eigenvalue weighted by Crippen LogP contribution is 1.88. The number of rotatable bonds is 2. The average molecular weight is 110 g/mol. The van der Waals surface area contributed by atoms with E-state index in [2.05, 4.69) is 6.58 Å². The first-order valence-electron chi connectivity index (χ1n) is 2.34. The molecule has 0 amide bonds. The molecular formula is C6H10N2. The maximum absolute atomic E-state index is 6.83. The van der Waals surface area contributed by atoms with E-state index in [0.29, 0.717) is 5.57 Å². The summed E-state index contributed by atoms with van der Waals surface area (Å²) in [6.45, 7) is 5.36. The van der Waals surface area contributed by atoms with E-state index in [0.717, 1.165) is 0 Å². The summed E-state index contributed by atoms with van der Waals surface area (Å²) in [5, 5.41) is 6.83. The predicted octanol–water partition coefficient (Wildman–Crippen LogP) is 1.05. The average Bonchev–Trinajstić information content (AvgIpc) is 1.67. The molecule has 0 saturated carbocycles. The summed E-state index contributed by atoms with van der Waals surface area (Å²) in [6.07, 6.45) is 3.49. The summed E-state index contributed by atoms with van der Waals surface area (Å²) < 4.78 is 0. The van der Waals surface area contributed by atoms with Crippen molar-refractivity contribution in [2.75, 3.05) is 0 Å². The molecule has 0 fully saturated rings. The van der Waals surface area contributed by atoms with Crippen LogP contribution < -0.4 is 5.73 Å².